The van der Waals surface area contributed by atoms with E-state index in [0.717, 1.165) is 13.1 Å². The second-order valence-corrected chi connectivity index (χ2v) is 2.32. The minimum atomic E-state index is 0. The van der Waals surface area contributed by atoms with E-state index in [0.29, 0.717) is 4.63 Å². The summed E-state index contributed by atoms with van der Waals surface area (Å²) in [5.41, 5.74) is 0. The standard InChI is InChI=1S/C5H10Cl2N.ClH/c1-3-8(4-2)5(6)7;/h3-4H2,1-2H3;1H/q+1;/p-1. The average molecular weight is 191 g/mol. The molecular formula is C5H10Cl3N. The first-order chi connectivity index (χ1) is 3.72. The Labute approximate surface area is 72.1 Å². The molecule has 0 saturated heterocycles. The number of nitrogens with zero attached hydrogens (tertiary/aromatic N) is 1. The van der Waals surface area contributed by atoms with Gasteiger partial charge in [0.25, 0.3) is 0 Å². The Balaban J connectivity index is 0. The molecule has 0 aromatic heterocycles. The zero-order chi connectivity index (χ0) is 6.57. The van der Waals surface area contributed by atoms with Crippen molar-refractivity contribution in [1.82, 2.24) is 0 Å². The maximum Gasteiger partial charge on any atom is 0.341 e. The molecule has 56 valence electrons. The Morgan fingerprint density at radius 3 is 1.56 bits per heavy atom. The van der Waals surface area contributed by atoms with Crippen molar-refractivity contribution in [2.24, 2.45) is 0 Å². The monoisotopic (exact) mass is 189 g/mol. The van der Waals surface area contributed by atoms with Gasteiger partial charge in [-0.25, -0.2) is 4.58 Å². The Morgan fingerprint density at radius 2 is 1.56 bits per heavy atom. The lowest BCUT2D eigenvalue weighted by Crippen LogP contribution is -3.00. The summed E-state index contributed by atoms with van der Waals surface area (Å²) in [5, 5.41) is 0. The third-order valence-corrected chi connectivity index (χ3v) is 1.48. The molecule has 0 aromatic carbocycles. The fraction of sp³-hybridized carbons (Fsp3) is 0.800. The minimum Gasteiger partial charge on any atom is -1.00 e. The van der Waals surface area contributed by atoms with Gasteiger partial charge in [0.15, 0.2) is 0 Å². The molecule has 0 aromatic rings. The van der Waals surface area contributed by atoms with E-state index in [1.807, 2.05) is 18.4 Å². The van der Waals surface area contributed by atoms with E-state index >= 15 is 0 Å². The molecule has 0 aliphatic heterocycles. The molecule has 0 bridgehead atoms. The molecule has 0 aliphatic rings. The van der Waals surface area contributed by atoms with Crippen molar-refractivity contribution >= 4 is 27.8 Å². The van der Waals surface area contributed by atoms with Crippen LogP contribution in [-0.2, 0) is 0 Å². The van der Waals surface area contributed by atoms with Gasteiger partial charge >= 0.3 is 4.63 Å². The summed E-state index contributed by atoms with van der Waals surface area (Å²) >= 11 is 10.9. The van der Waals surface area contributed by atoms with E-state index in [-0.39, 0.29) is 12.4 Å². The zero-order valence-corrected chi connectivity index (χ0v) is 7.76. The first-order valence-corrected chi connectivity index (χ1v) is 3.40. The van der Waals surface area contributed by atoms with Crippen molar-refractivity contribution in [2.45, 2.75) is 13.8 Å². The van der Waals surface area contributed by atoms with E-state index in [9.17, 15) is 0 Å². The second kappa shape index (κ2) is 6.66. The van der Waals surface area contributed by atoms with E-state index in [4.69, 9.17) is 23.2 Å². The SMILES string of the molecule is CC[N+](CC)=C(Cl)Cl.[Cl-]. The van der Waals surface area contributed by atoms with Crippen molar-refractivity contribution in [3.63, 3.8) is 0 Å². The molecule has 0 fully saturated rings. The molecule has 0 aliphatic carbocycles. The largest absolute Gasteiger partial charge is 1.00 e. The molecule has 1 nitrogen and oxygen atoms in total. The molecule has 0 rings (SSSR count). The molecule has 0 heterocycles. The molecule has 9 heavy (non-hydrogen) atoms. The zero-order valence-electron chi connectivity index (χ0n) is 5.50. The van der Waals surface area contributed by atoms with Crippen LogP contribution in [0.5, 0.6) is 0 Å². The Kier molecular flexibility index (Phi) is 9.05. The van der Waals surface area contributed by atoms with Gasteiger partial charge in [0.1, 0.15) is 13.1 Å². The fourth-order valence-electron chi connectivity index (χ4n) is 0.463. The van der Waals surface area contributed by atoms with Gasteiger partial charge in [0.05, 0.1) is 0 Å². The predicted molar refractivity (Wildman–Crippen MR) is 38.1 cm³/mol. The summed E-state index contributed by atoms with van der Waals surface area (Å²) in [6, 6.07) is 0. The third-order valence-electron chi connectivity index (χ3n) is 1.00. The van der Waals surface area contributed by atoms with Crippen LogP contribution < -0.4 is 12.4 Å². The van der Waals surface area contributed by atoms with Crippen molar-refractivity contribution in [1.29, 1.82) is 0 Å². The van der Waals surface area contributed by atoms with E-state index in [1.165, 1.54) is 0 Å². The third kappa shape index (κ3) is 5.01. The van der Waals surface area contributed by atoms with Crippen LogP contribution in [0, 0.1) is 0 Å². The smallest absolute Gasteiger partial charge is 0.341 e. The van der Waals surface area contributed by atoms with Crippen LogP contribution in [0.25, 0.3) is 0 Å². The Hall–Kier alpha value is 0.540. The van der Waals surface area contributed by atoms with E-state index in [1.54, 1.807) is 0 Å². The van der Waals surface area contributed by atoms with Crippen molar-refractivity contribution in [3.8, 4) is 0 Å². The molecule has 0 saturated carbocycles. The summed E-state index contributed by atoms with van der Waals surface area (Å²) in [4.78, 5) is 0. The molecule has 0 atom stereocenters. The highest BCUT2D eigenvalue weighted by molar-refractivity contribution is 6.94. The van der Waals surface area contributed by atoms with Crippen molar-refractivity contribution in [2.75, 3.05) is 13.1 Å². The number of rotatable bonds is 2. The van der Waals surface area contributed by atoms with Gasteiger partial charge in [-0.05, 0) is 13.8 Å². The van der Waals surface area contributed by atoms with Gasteiger partial charge < -0.3 is 12.4 Å². The summed E-state index contributed by atoms with van der Waals surface area (Å²) in [6.07, 6.45) is 0. The molecular weight excluding hydrogens is 180 g/mol. The topological polar surface area (TPSA) is 3.01 Å². The minimum absolute atomic E-state index is 0. The molecule has 4 heteroatoms. The normalized spacial score (nSPS) is 8.00. The summed E-state index contributed by atoms with van der Waals surface area (Å²) in [7, 11) is 0. The quantitative estimate of drug-likeness (QED) is 0.383. The number of hydrogen-bond donors (Lipinski definition) is 0. The summed E-state index contributed by atoms with van der Waals surface area (Å²) in [6.45, 7) is 5.76. The molecule has 0 N–H and O–H groups in total. The van der Waals surface area contributed by atoms with Gasteiger partial charge in [-0.2, -0.15) is 0 Å². The first kappa shape index (κ1) is 12.2. The van der Waals surface area contributed by atoms with E-state index in [2.05, 4.69) is 0 Å². The highest BCUT2D eigenvalue weighted by Gasteiger charge is 2.01. The maximum absolute atomic E-state index is 5.45. The summed E-state index contributed by atoms with van der Waals surface area (Å²) < 4.78 is 2.22. The molecule has 0 spiro atoms. The molecule has 0 radical (unpaired) electrons. The lowest BCUT2D eigenvalue weighted by molar-refractivity contribution is -0.516. The van der Waals surface area contributed by atoms with Crippen LogP contribution in [0.15, 0.2) is 0 Å². The van der Waals surface area contributed by atoms with Crippen LogP contribution in [0.1, 0.15) is 13.8 Å². The van der Waals surface area contributed by atoms with Crippen LogP contribution in [0.3, 0.4) is 0 Å². The predicted octanol–water partition coefficient (Wildman–Crippen LogP) is -1.12. The molecule has 0 unspecified atom stereocenters. The van der Waals surface area contributed by atoms with Crippen LogP contribution in [0.2, 0.25) is 0 Å². The Bertz CT molecular complexity index is 90.4. The lowest BCUT2D eigenvalue weighted by atomic mass is 10.6. The number of hydrogen-bond acceptors (Lipinski definition) is 0. The van der Waals surface area contributed by atoms with Crippen LogP contribution in [0.4, 0.5) is 0 Å². The first-order valence-electron chi connectivity index (χ1n) is 2.65. The highest BCUT2D eigenvalue weighted by Crippen LogP contribution is 1.91. The highest BCUT2D eigenvalue weighted by atomic mass is 35.5. The van der Waals surface area contributed by atoms with Gasteiger partial charge in [-0.15, -0.1) is 0 Å². The van der Waals surface area contributed by atoms with Crippen molar-refractivity contribution < 1.29 is 17.0 Å². The summed E-state index contributed by atoms with van der Waals surface area (Å²) in [5.74, 6) is 0. The van der Waals surface area contributed by atoms with Crippen LogP contribution >= 0.6 is 23.2 Å². The average Bonchev–Trinajstić information content (AvgIpc) is 1.69. The Morgan fingerprint density at radius 1 is 1.22 bits per heavy atom. The van der Waals surface area contributed by atoms with Gasteiger partial charge in [-0.1, -0.05) is 0 Å². The van der Waals surface area contributed by atoms with Gasteiger partial charge in [0.2, 0.25) is 0 Å². The lowest BCUT2D eigenvalue weighted by Gasteiger charge is -1.92. The van der Waals surface area contributed by atoms with Crippen molar-refractivity contribution in [3.05, 3.63) is 0 Å². The number of halogens is 3. The van der Waals surface area contributed by atoms with E-state index < -0.39 is 0 Å². The van der Waals surface area contributed by atoms with Crippen LogP contribution in [-0.4, -0.2) is 22.3 Å². The second-order valence-electron chi connectivity index (χ2n) is 1.41. The molecule has 0 amide bonds. The fourth-order valence-corrected chi connectivity index (χ4v) is 0.941. The van der Waals surface area contributed by atoms with Gasteiger partial charge in [-0.3, -0.25) is 0 Å². The maximum atomic E-state index is 5.45. The van der Waals surface area contributed by atoms with Gasteiger partial charge in [0, 0.05) is 23.2 Å².